The van der Waals surface area contributed by atoms with Crippen LogP contribution in [-0.4, -0.2) is 37.0 Å². The van der Waals surface area contributed by atoms with Crippen molar-refractivity contribution < 1.29 is 0 Å². The first-order valence-electron chi connectivity index (χ1n) is 7.00. The summed E-state index contributed by atoms with van der Waals surface area (Å²) in [5.41, 5.74) is 1.46. The predicted octanol–water partition coefficient (Wildman–Crippen LogP) is 2.98. The molecule has 0 unspecified atom stereocenters. The summed E-state index contributed by atoms with van der Waals surface area (Å²) in [7, 11) is 2.12. The van der Waals surface area contributed by atoms with E-state index in [1.165, 1.54) is 24.8 Å². The van der Waals surface area contributed by atoms with Gasteiger partial charge in [0.2, 0.25) is 0 Å². The zero-order chi connectivity index (χ0) is 13.2. The lowest BCUT2D eigenvalue weighted by molar-refractivity contribution is 0.308. The van der Waals surface area contributed by atoms with Crippen molar-refractivity contribution in [2.75, 3.05) is 20.1 Å². The first kappa shape index (κ1) is 13.0. The van der Waals surface area contributed by atoms with Crippen LogP contribution in [0.1, 0.15) is 30.7 Å². The van der Waals surface area contributed by atoms with E-state index in [4.69, 9.17) is 0 Å². The molecule has 2 aliphatic rings. The van der Waals surface area contributed by atoms with Crippen molar-refractivity contribution >= 4 is 21.9 Å². The molecule has 0 amide bonds. The average Bonchev–Trinajstić information content (AvgIpc) is 2.37. The molecule has 102 valence electrons. The van der Waals surface area contributed by atoms with Gasteiger partial charge in [-0.1, -0.05) is 28.1 Å². The Morgan fingerprint density at radius 3 is 2.68 bits per heavy atom. The molecule has 0 saturated heterocycles. The molecule has 3 nitrogen and oxygen atoms in total. The maximum atomic E-state index is 4.57. The third-order valence-electron chi connectivity index (χ3n) is 4.09. The molecule has 1 heterocycles. The van der Waals surface area contributed by atoms with Crippen LogP contribution in [0.4, 0.5) is 0 Å². The molecule has 4 heteroatoms. The van der Waals surface area contributed by atoms with Gasteiger partial charge in [-0.05, 0) is 42.9 Å². The molecule has 1 saturated carbocycles. The fourth-order valence-corrected chi connectivity index (χ4v) is 3.07. The Labute approximate surface area is 123 Å². The van der Waals surface area contributed by atoms with Gasteiger partial charge in [0.25, 0.3) is 0 Å². The van der Waals surface area contributed by atoms with Crippen molar-refractivity contribution in [3.05, 3.63) is 34.3 Å². The highest BCUT2D eigenvalue weighted by Crippen LogP contribution is 2.37. The molecule has 1 aromatic carbocycles. The Kier molecular flexibility index (Phi) is 3.78. The fourth-order valence-electron chi connectivity index (χ4n) is 2.80. The van der Waals surface area contributed by atoms with E-state index in [-0.39, 0.29) is 0 Å². The molecular formula is C15H20BrN3. The van der Waals surface area contributed by atoms with E-state index >= 15 is 0 Å². The molecule has 1 N–H and O–H groups in total. The monoisotopic (exact) mass is 321 g/mol. The molecule has 0 radical (unpaired) electrons. The molecular weight excluding hydrogens is 302 g/mol. The molecule has 1 aliphatic heterocycles. The van der Waals surface area contributed by atoms with Crippen LogP contribution < -0.4 is 5.32 Å². The minimum atomic E-state index is 0.591. The fraction of sp³-hybridized carbons (Fsp3) is 0.533. The van der Waals surface area contributed by atoms with Crippen LogP contribution in [0.25, 0.3) is 0 Å². The number of nitrogens with one attached hydrogen (secondary N) is 1. The second-order valence-corrected chi connectivity index (χ2v) is 6.46. The van der Waals surface area contributed by atoms with Gasteiger partial charge in [0.05, 0.1) is 0 Å². The van der Waals surface area contributed by atoms with E-state index in [2.05, 4.69) is 62.5 Å². The van der Waals surface area contributed by atoms with Gasteiger partial charge < -0.3 is 10.2 Å². The summed E-state index contributed by atoms with van der Waals surface area (Å²) in [6.45, 7) is 2.09. The number of benzene rings is 1. The first-order valence-corrected chi connectivity index (χ1v) is 7.79. The third kappa shape index (κ3) is 2.94. The quantitative estimate of drug-likeness (QED) is 0.906. The third-order valence-corrected chi connectivity index (χ3v) is 4.62. The highest BCUT2D eigenvalue weighted by Gasteiger charge is 2.31. The number of halogens is 1. The minimum Gasteiger partial charge on any atom is -0.353 e. The van der Waals surface area contributed by atoms with E-state index in [9.17, 15) is 0 Å². The summed E-state index contributed by atoms with van der Waals surface area (Å²) in [5.74, 6) is 1.80. The van der Waals surface area contributed by atoms with Gasteiger partial charge in [-0.15, -0.1) is 0 Å². The first-order chi connectivity index (χ1) is 9.22. The highest BCUT2D eigenvalue weighted by atomic mass is 79.9. The molecule has 1 aliphatic carbocycles. The van der Waals surface area contributed by atoms with Gasteiger partial charge in [-0.3, -0.25) is 4.99 Å². The maximum absolute atomic E-state index is 4.57. The van der Waals surface area contributed by atoms with Gasteiger partial charge >= 0.3 is 0 Å². The van der Waals surface area contributed by atoms with Crippen molar-refractivity contribution in [3.63, 3.8) is 0 Å². The summed E-state index contributed by atoms with van der Waals surface area (Å²) >= 11 is 3.49. The minimum absolute atomic E-state index is 0.591. The van der Waals surface area contributed by atoms with Gasteiger partial charge in [0.15, 0.2) is 5.96 Å². The van der Waals surface area contributed by atoms with Crippen LogP contribution in [0.15, 0.2) is 33.7 Å². The van der Waals surface area contributed by atoms with Crippen molar-refractivity contribution in [3.8, 4) is 0 Å². The number of hydrogen-bond donors (Lipinski definition) is 1. The van der Waals surface area contributed by atoms with Gasteiger partial charge in [0, 0.05) is 30.7 Å². The highest BCUT2D eigenvalue weighted by molar-refractivity contribution is 9.10. The molecule has 0 bridgehead atoms. The smallest absolute Gasteiger partial charge is 0.193 e. The van der Waals surface area contributed by atoms with Crippen LogP contribution in [0, 0.1) is 0 Å². The Bertz CT molecular complexity index is 463. The molecule has 0 spiro atoms. The summed E-state index contributed by atoms with van der Waals surface area (Å²) in [4.78, 5) is 6.80. The predicted molar refractivity (Wildman–Crippen MR) is 82.6 cm³/mol. The summed E-state index contributed by atoms with van der Waals surface area (Å²) < 4.78 is 1.16. The molecule has 1 aromatic rings. The second-order valence-electron chi connectivity index (χ2n) is 5.54. The Hall–Kier alpha value is -1.03. The van der Waals surface area contributed by atoms with Crippen LogP contribution in [0.2, 0.25) is 0 Å². The van der Waals surface area contributed by atoms with Gasteiger partial charge in [0.1, 0.15) is 0 Å². The van der Waals surface area contributed by atoms with E-state index in [0.29, 0.717) is 12.0 Å². The molecule has 0 atom stereocenters. The Morgan fingerprint density at radius 1 is 1.26 bits per heavy atom. The Balaban J connectivity index is 1.53. The van der Waals surface area contributed by atoms with E-state index < -0.39 is 0 Å². The van der Waals surface area contributed by atoms with Crippen molar-refractivity contribution in [1.29, 1.82) is 0 Å². The lowest BCUT2D eigenvalue weighted by atomic mass is 9.76. The molecule has 19 heavy (non-hydrogen) atoms. The van der Waals surface area contributed by atoms with Crippen LogP contribution in [0.3, 0.4) is 0 Å². The molecule has 3 rings (SSSR count). The van der Waals surface area contributed by atoms with Crippen LogP contribution in [0.5, 0.6) is 0 Å². The lowest BCUT2D eigenvalue weighted by Gasteiger charge is -2.39. The van der Waals surface area contributed by atoms with Gasteiger partial charge in [-0.25, -0.2) is 0 Å². The summed E-state index contributed by atoms with van der Waals surface area (Å²) in [6.07, 6.45) is 3.61. The van der Waals surface area contributed by atoms with Crippen LogP contribution >= 0.6 is 15.9 Å². The van der Waals surface area contributed by atoms with Crippen LogP contribution in [-0.2, 0) is 0 Å². The number of guanidine groups is 1. The van der Waals surface area contributed by atoms with E-state index in [1.807, 2.05) is 0 Å². The standard InChI is InChI=1S/C15H20BrN3/c1-19-8-2-7-17-15(19)18-14-9-12(10-14)11-3-5-13(16)6-4-11/h3-6,12,14H,2,7-10H2,1H3,(H,17,18). The van der Waals surface area contributed by atoms with E-state index in [0.717, 1.165) is 23.5 Å². The number of nitrogens with zero attached hydrogens (tertiary/aromatic N) is 2. The summed E-state index contributed by atoms with van der Waals surface area (Å²) in [6, 6.07) is 9.32. The zero-order valence-corrected chi connectivity index (χ0v) is 12.9. The SMILES string of the molecule is CN1CCCN=C1NC1CC(c2ccc(Br)cc2)C1. The van der Waals surface area contributed by atoms with Crippen molar-refractivity contribution in [1.82, 2.24) is 10.2 Å². The summed E-state index contributed by atoms with van der Waals surface area (Å²) in [5, 5.41) is 3.58. The average molecular weight is 322 g/mol. The van der Waals surface area contributed by atoms with Gasteiger partial charge in [-0.2, -0.15) is 0 Å². The lowest BCUT2D eigenvalue weighted by Crippen LogP contribution is -2.50. The number of aliphatic imine (C=N–C) groups is 1. The zero-order valence-electron chi connectivity index (χ0n) is 11.3. The number of rotatable bonds is 2. The van der Waals surface area contributed by atoms with Crippen molar-refractivity contribution in [2.45, 2.75) is 31.2 Å². The van der Waals surface area contributed by atoms with E-state index in [1.54, 1.807) is 0 Å². The maximum Gasteiger partial charge on any atom is 0.193 e. The number of hydrogen-bond acceptors (Lipinski definition) is 3. The molecule has 0 aromatic heterocycles. The topological polar surface area (TPSA) is 27.6 Å². The normalized spacial score (nSPS) is 26.6. The molecule has 1 fully saturated rings. The second kappa shape index (κ2) is 5.53. The Morgan fingerprint density at radius 2 is 2.00 bits per heavy atom. The largest absolute Gasteiger partial charge is 0.353 e. The van der Waals surface area contributed by atoms with Crippen molar-refractivity contribution in [2.24, 2.45) is 4.99 Å².